The zero-order valence-corrected chi connectivity index (χ0v) is 32.2. The van der Waals surface area contributed by atoms with E-state index >= 15 is 0 Å². The lowest BCUT2D eigenvalue weighted by Crippen LogP contribution is -2.21. The molecule has 4 aromatic rings. The summed E-state index contributed by atoms with van der Waals surface area (Å²) in [6.45, 7) is 12.7. The van der Waals surface area contributed by atoms with Gasteiger partial charge in [-0.1, -0.05) is 60.7 Å². The number of nitrogens with zero attached hydrogens (tertiary/aromatic N) is 8. The Morgan fingerprint density at radius 3 is 1.21 bits per heavy atom. The first-order valence-electron chi connectivity index (χ1n) is 18.0. The van der Waals surface area contributed by atoms with Gasteiger partial charge in [0.2, 0.25) is 0 Å². The lowest BCUT2D eigenvalue weighted by atomic mass is 10.1. The molecule has 284 valence electrons. The highest BCUT2D eigenvalue weighted by molar-refractivity contribution is 5.86. The largest absolute Gasteiger partial charge is 0.488 e. The fraction of sp³-hybridized carbons (Fsp3) is 0.227. The first-order valence-corrected chi connectivity index (χ1v) is 18.0. The lowest BCUT2D eigenvalue weighted by molar-refractivity contribution is 0.306. The van der Waals surface area contributed by atoms with Crippen LogP contribution in [0.1, 0.15) is 49.9 Å². The summed E-state index contributed by atoms with van der Waals surface area (Å²) >= 11 is 0. The van der Waals surface area contributed by atoms with E-state index in [4.69, 9.17) is 42.0 Å². The minimum atomic E-state index is -0.217. The van der Waals surface area contributed by atoms with E-state index in [1.54, 1.807) is 12.1 Å². The maximum absolute atomic E-state index is 9.12. The van der Waals surface area contributed by atoms with Crippen LogP contribution in [0.3, 0.4) is 0 Å². The van der Waals surface area contributed by atoms with Crippen LogP contribution in [-0.2, 0) is 13.2 Å². The Morgan fingerprint density at radius 1 is 0.554 bits per heavy atom. The third-order valence-electron chi connectivity index (χ3n) is 8.35. The molecule has 0 aliphatic rings. The van der Waals surface area contributed by atoms with Crippen molar-refractivity contribution < 1.29 is 9.47 Å². The summed E-state index contributed by atoms with van der Waals surface area (Å²) in [6.07, 6.45) is 2.99. The Hall–Kier alpha value is -7.54. The predicted molar refractivity (Wildman–Crippen MR) is 222 cm³/mol. The summed E-state index contributed by atoms with van der Waals surface area (Å²) in [6, 6.07) is 38.5. The molecule has 0 bridgehead atoms. The minimum Gasteiger partial charge on any atom is -0.488 e. The zero-order valence-electron chi connectivity index (χ0n) is 32.2. The van der Waals surface area contributed by atoms with E-state index in [0.29, 0.717) is 35.8 Å². The van der Waals surface area contributed by atoms with E-state index in [-0.39, 0.29) is 22.8 Å². The van der Waals surface area contributed by atoms with Crippen molar-refractivity contribution in [1.82, 2.24) is 0 Å². The summed E-state index contributed by atoms with van der Waals surface area (Å²) in [4.78, 5) is 12.6. The molecule has 0 atom stereocenters. The smallest absolute Gasteiger partial charge is 0.174 e. The number of nitrogens with two attached hydrogens (primary N) is 2. The van der Waals surface area contributed by atoms with Crippen LogP contribution in [0.25, 0.3) is 0 Å². The van der Waals surface area contributed by atoms with Gasteiger partial charge in [-0.05, 0) is 63.1 Å². The summed E-state index contributed by atoms with van der Waals surface area (Å²) in [5, 5.41) is 36.0. The second kappa shape index (κ2) is 23.2. The van der Waals surface area contributed by atoms with Crippen molar-refractivity contribution in [2.75, 3.05) is 36.0 Å². The molecule has 0 aromatic heterocycles. The van der Waals surface area contributed by atoms with Crippen molar-refractivity contribution in [3.8, 4) is 35.8 Å². The number of ether oxygens (including phenoxy) is 2. The van der Waals surface area contributed by atoms with Crippen LogP contribution >= 0.6 is 0 Å². The second-order valence-electron chi connectivity index (χ2n) is 11.8. The van der Waals surface area contributed by atoms with Gasteiger partial charge >= 0.3 is 0 Å². The Bertz CT molecular complexity index is 2020. The van der Waals surface area contributed by atoms with E-state index in [1.807, 2.05) is 109 Å². The zero-order chi connectivity index (χ0) is 40.7. The van der Waals surface area contributed by atoms with Crippen molar-refractivity contribution >= 4 is 23.8 Å². The number of allylic oxidation sites excluding steroid dienone is 4. The molecular formula is C44H46N10O2. The summed E-state index contributed by atoms with van der Waals surface area (Å²) < 4.78 is 12.1. The number of aliphatic imine (C=N–C) groups is 2. The van der Waals surface area contributed by atoms with Crippen LogP contribution in [0.5, 0.6) is 11.5 Å². The molecule has 56 heavy (non-hydrogen) atoms. The van der Waals surface area contributed by atoms with E-state index in [0.717, 1.165) is 48.7 Å². The number of anilines is 2. The maximum Gasteiger partial charge on any atom is 0.174 e. The Labute approximate surface area is 329 Å². The molecule has 0 aliphatic carbocycles. The Kier molecular flexibility index (Phi) is 17.8. The fourth-order valence-corrected chi connectivity index (χ4v) is 5.24. The normalized spacial score (nSPS) is 11.4. The summed E-state index contributed by atoms with van der Waals surface area (Å²) in [5.74, 6) is 1.29. The van der Waals surface area contributed by atoms with Gasteiger partial charge in [0.05, 0.1) is 0 Å². The first kappa shape index (κ1) is 42.9. The molecule has 0 fully saturated rings. The average molecular weight is 747 g/mol. The molecule has 0 amide bonds. The van der Waals surface area contributed by atoms with Gasteiger partial charge in [0.15, 0.2) is 11.4 Å². The van der Waals surface area contributed by atoms with Crippen molar-refractivity contribution in [3.05, 3.63) is 142 Å². The van der Waals surface area contributed by atoms with Crippen molar-refractivity contribution in [2.24, 2.45) is 21.5 Å². The highest BCUT2D eigenvalue weighted by Crippen LogP contribution is 2.28. The molecule has 4 rings (SSSR count). The molecule has 0 heterocycles. The van der Waals surface area contributed by atoms with Gasteiger partial charge < -0.3 is 30.7 Å². The lowest BCUT2D eigenvalue weighted by Gasteiger charge is -2.22. The van der Waals surface area contributed by atoms with E-state index < -0.39 is 0 Å². The molecule has 0 radical (unpaired) electrons. The topological polar surface area (TPSA) is 197 Å². The molecular weight excluding hydrogens is 701 g/mol. The third-order valence-corrected chi connectivity index (χ3v) is 8.35. The number of benzene rings is 4. The molecule has 12 heteroatoms. The molecule has 4 aromatic carbocycles. The molecule has 0 saturated heterocycles. The Balaban J connectivity index is 0.000000300. The monoisotopic (exact) mass is 746 g/mol. The Morgan fingerprint density at radius 2 is 0.911 bits per heavy atom. The van der Waals surface area contributed by atoms with Gasteiger partial charge in [-0.3, -0.25) is 0 Å². The molecule has 0 spiro atoms. The quantitative estimate of drug-likeness (QED) is 0.0855. The number of hydrogen-bond donors (Lipinski definition) is 2. The van der Waals surface area contributed by atoms with Gasteiger partial charge in [0.1, 0.15) is 60.4 Å². The average Bonchev–Trinajstić information content (AvgIpc) is 3.25. The van der Waals surface area contributed by atoms with Crippen LogP contribution in [0.2, 0.25) is 0 Å². The van der Waals surface area contributed by atoms with E-state index in [1.165, 1.54) is 12.4 Å². The van der Waals surface area contributed by atoms with Crippen LogP contribution in [0, 0.1) is 45.3 Å². The van der Waals surface area contributed by atoms with Crippen LogP contribution in [-0.4, -0.2) is 38.6 Å². The molecule has 0 unspecified atom stereocenters. The van der Waals surface area contributed by atoms with Crippen LogP contribution < -0.4 is 30.7 Å². The predicted octanol–water partition coefficient (Wildman–Crippen LogP) is 7.50. The van der Waals surface area contributed by atoms with Gasteiger partial charge in [-0.15, -0.1) is 0 Å². The van der Waals surface area contributed by atoms with Gasteiger partial charge in [0.25, 0.3) is 0 Å². The number of hydrogen-bond acceptors (Lipinski definition) is 12. The maximum atomic E-state index is 9.12. The fourth-order valence-electron chi connectivity index (χ4n) is 5.24. The summed E-state index contributed by atoms with van der Waals surface area (Å²) in [5.41, 5.74) is 15.9. The highest BCUT2D eigenvalue weighted by atomic mass is 16.5. The van der Waals surface area contributed by atoms with Crippen LogP contribution in [0.15, 0.2) is 130 Å². The minimum absolute atomic E-state index is 0.121. The SMILES string of the molecule is CCN(CC)c1ccc(C=N/C(C#N)=C(\N)C#N)c(OCc2ccccc2)c1.CCN(CC)c1ccc(C=N/C(C#N)=C(\N)C#N)c(OCc2ccccc2)c1. The van der Waals surface area contributed by atoms with Gasteiger partial charge in [-0.2, -0.15) is 21.0 Å². The molecule has 0 saturated carbocycles. The van der Waals surface area contributed by atoms with Crippen molar-refractivity contribution in [2.45, 2.75) is 40.9 Å². The van der Waals surface area contributed by atoms with Crippen molar-refractivity contribution in [3.63, 3.8) is 0 Å². The van der Waals surface area contributed by atoms with Crippen LogP contribution in [0.4, 0.5) is 11.4 Å². The first-order chi connectivity index (χ1) is 27.2. The molecule has 12 nitrogen and oxygen atoms in total. The molecule has 0 aliphatic heterocycles. The number of nitriles is 4. The van der Waals surface area contributed by atoms with E-state index in [2.05, 4.69) is 47.5 Å². The highest BCUT2D eigenvalue weighted by Gasteiger charge is 2.11. The van der Waals surface area contributed by atoms with Gasteiger partial charge in [-0.25, -0.2) is 9.98 Å². The summed E-state index contributed by atoms with van der Waals surface area (Å²) in [7, 11) is 0. The number of rotatable bonds is 16. The van der Waals surface area contributed by atoms with E-state index in [9.17, 15) is 0 Å². The second-order valence-corrected chi connectivity index (χ2v) is 11.8. The van der Waals surface area contributed by atoms with Gasteiger partial charge in [0, 0.05) is 73.2 Å². The third kappa shape index (κ3) is 12.8. The molecule has 4 N–H and O–H groups in total. The van der Waals surface area contributed by atoms with Crippen molar-refractivity contribution in [1.29, 1.82) is 21.0 Å². The standard InChI is InChI=1S/2C22H23N5O/c2*1-3-27(4-2)19-11-10-18(15-26-21(14-24)20(25)13-23)22(12-19)28-16-17-8-6-5-7-9-17/h2*5-12,15H,3-4,16,25H2,1-2H3/b2*21-20-,26-15?.